The molecule has 268 valence electrons. The zero-order valence-electron chi connectivity index (χ0n) is 31.0. The summed E-state index contributed by atoms with van der Waals surface area (Å²) in [6.45, 7) is 0. The van der Waals surface area contributed by atoms with E-state index in [1.807, 2.05) is 24.3 Å². The molecule has 0 saturated heterocycles. The second-order valence-electron chi connectivity index (χ2n) is 14.4. The highest BCUT2D eigenvalue weighted by Crippen LogP contribution is 2.81. The second-order valence-corrected chi connectivity index (χ2v) is 17.4. The molecule has 57 heavy (non-hydrogen) atoms. The topological polar surface area (TPSA) is 38.7 Å². The van der Waals surface area contributed by atoms with E-state index in [1.165, 1.54) is 52.3 Å². The average molecular weight is 746 g/mol. The molecule has 0 atom stereocenters. The largest absolute Gasteiger partial charge is 0.208 e. The molecule has 1 aliphatic rings. The highest BCUT2D eigenvalue weighted by Gasteiger charge is 2.44. The van der Waals surface area contributed by atoms with Crippen LogP contribution < -0.4 is 0 Å². The van der Waals surface area contributed by atoms with Crippen molar-refractivity contribution >= 4 is 31.6 Å². The Morgan fingerprint density at radius 1 is 0.298 bits per heavy atom. The lowest BCUT2D eigenvalue weighted by molar-refractivity contribution is 1.07. The lowest BCUT2D eigenvalue weighted by atomic mass is 9.92. The van der Waals surface area contributed by atoms with Crippen molar-refractivity contribution in [3.05, 3.63) is 212 Å². The van der Waals surface area contributed by atoms with Crippen LogP contribution in [0.3, 0.4) is 0 Å². The van der Waals surface area contributed by atoms with Gasteiger partial charge in [0.1, 0.15) is 0 Å². The summed E-state index contributed by atoms with van der Waals surface area (Å²) >= 11 is 0. The van der Waals surface area contributed by atoms with Gasteiger partial charge in [-0.15, -0.1) is 10.0 Å². The van der Waals surface area contributed by atoms with Gasteiger partial charge in [0.15, 0.2) is 17.5 Å². The van der Waals surface area contributed by atoms with Crippen LogP contribution in [-0.4, -0.2) is 15.0 Å². The summed E-state index contributed by atoms with van der Waals surface area (Å²) in [7, 11) is -1.94. The number of aromatic nitrogens is 3. The maximum Gasteiger partial charge on any atom is 0.164 e. The maximum atomic E-state index is 5.27. The van der Waals surface area contributed by atoms with E-state index in [1.54, 1.807) is 0 Å². The summed E-state index contributed by atoms with van der Waals surface area (Å²) < 4.78 is 0. The molecule has 9 aromatic carbocycles. The lowest BCUT2D eigenvalue weighted by Gasteiger charge is -2.40. The highest BCUT2D eigenvalue weighted by molar-refractivity contribution is 8.34. The standard InChI is InChI=1S/C53H35N3S/c1-5-18-36(19-6-1)38-22-17-23-39(34-38)52-54-51(37-20-7-2-8-21-37)55-53(56-52)40-32-33-48-47(35-40)49-45-30-15-13-28-43(45)44-29-14-16-31-46(44)50(49)57(48,41-24-9-3-10-25-41)42-26-11-4-12-27-42/h1-35H. The first-order valence-electron chi connectivity index (χ1n) is 19.3. The predicted octanol–water partition coefficient (Wildman–Crippen LogP) is 14.2. The smallest absolute Gasteiger partial charge is 0.164 e. The number of fused-ring (bicyclic) bond motifs is 8. The quantitative estimate of drug-likeness (QED) is 0.159. The predicted molar refractivity (Wildman–Crippen MR) is 236 cm³/mol. The molecule has 3 nitrogen and oxygen atoms in total. The Morgan fingerprint density at radius 3 is 1.35 bits per heavy atom. The van der Waals surface area contributed by atoms with Gasteiger partial charge in [0.25, 0.3) is 0 Å². The normalized spacial score (nSPS) is 13.3. The van der Waals surface area contributed by atoms with E-state index in [4.69, 9.17) is 15.0 Å². The summed E-state index contributed by atoms with van der Waals surface area (Å²) in [4.78, 5) is 20.9. The molecule has 0 N–H and O–H groups in total. The van der Waals surface area contributed by atoms with E-state index in [9.17, 15) is 0 Å². The molecular weight excluding hydrogens is 711 g/mol. The molecule has 0 fully saturated rings. The zero-order valence-corrected chi connectivity index (χ0v) is 31.8. The van der Waals surface area contributed by atoms with Crippen LogP contribution in [0.1, 0.15) is 0 Å². The van der Waals surface area contributed by atoms with Crippen molar-refractivity contribution in [1.82, 2.24) is 15.0 Å². The maximum absolute atomic E-state index is 5.27. The molecule has 0 radical (unpaired) electrons. The van der Waals surface area contributed by atoms with Crippen LogP contribution in [0.25, 0.3) is 78.0 Å². The first-order chi connectivity index (χ1) is 28.3. The molecule has 0 saturated carbocycles. The van der Waals surface area contributed by atoms with Crippen LogP contribution in [0.15, 0.2) is 232 Å². The molecule has 1 aliphatic heterocycles. The minimum absolute atomic E-state index is 0.641. The van der Waals surface area contributed by atoms with E-state index in [0.29, 0.717) is 17.5 Å². The van der Waals surface area contributed by atoms with Crippen LogP contribution in [0.2, 0.25) is 0 Å². The second kappa shape index (κ2) is 13.6. The van der Waals surface area contributed by atoms with Gasteiger partial charge in [-0.2, -0.15) is 0 Å². The van der Waals surface area contributed by atoms with Crippen LogP contribution in [-0.2, 0) is 0 Å². The fraction of sp³-hybridized carbons (Fsp3) is 0. The number of hydrogen-bond acceptors (Lipinski definition) is 3. The first-order valence-corrected chi connectivity index (χ1v) is 20.9. The van der Waals surface area contributed by atoms with Crippen molar-refractivity contribution < 1.29 is 0 Å². The van der Waals surface area contributed by atoms with E-state index in [0.717, 1.165) is 27.8 Å². The first kappa shape index (κ1) is 33.2. The van der Waals surface area contributed by atoms with Crippen LogP contribution in [0, 0.1) is 0 Å². The van der Waals surface area contributed by atoms with Gasteiger partial charge >= 0.3 is 0 Å². The fourth-order valence-electron chi connectivity index (χ4n) is 8.63. The third-order valence-corrected chi connectivity index (χ3v) is 15.1. The summed E-state index contributed by atoms with van der Waals surface area (Å²) in [6, 6.07) is 76.3. The number of hydrogen-bond donors (Lipinski definition) is 0. The summed E-state index contributed by atoms with van der Waals surface area (Å²) in [6.07, 6.45) is 0. The Hall–Kier alpha value is -7.14. The molecule has 2 heterocycles. The van der Waals surface area contributed by atoms with Crippen LogP contribution in [0.4, 0.5) is 0 Å². The van der Waals surface area contributed by atoms with Crippen LogP contribution >= 0.6 is 10.0 Å². The molecule has 0 aliphatic carbocycles. The summed E-state index contributed by atoms with van der Waals surface area (Å²) in [5.74, 6) is 1.93. The molecule has 4 heteroatoms. The van der Waals surface area contributed by atoms with Crippen molar-refractivity contribution in [3.63, 3.8) is 0 Å². The zero-order chi connectivity index (χ0) is 37.8. The SMILES string of the molecule is c1ccc(-c2cccc(-c3nc(-c4ccccc4)nc(-c4ccc5c(c4)-c4c(c6ccccc6c6ccccc46)S5(c4ccccc4)c4ccccc4)n3)c2)cc1. The Morgan fingerprint density at radius 2 is 0.737 bits per heavy atom. The Kier molecular flexibility index (Phi) is 7.90. The molecule has 11 rings (SSSR count). The van der Waals surface area contributed by atoms with Gasteiger partial charge in [-0.1, -0.05) is 170 Å². The van der Waals surface area contributed by atoms with Gasteiger partial charge in [0.05, 0.1) is 0 Å². The number of nitrogens with zero attached hydrogens (tertiary/aromatic N) is 3. The van der Waals surface area contributed by atoms with Crippen molar-refractivity contribution in [2.45, 2.75) is 19.6 Å². The van der Waals surface area contributed by atoms with Gasteiger partial charge in [0.2, 0.25) is 0 Å². The highest BCUT2D eigenvalue weighted by atomic mass is 32.3. The monoisotopic (exact) mass is 745 g/mol. The van der Waals surface area contributed by atoms with Gasteiger partial charge in [-0.05, 0) is 80.7 Å². The van der Waals surface area contributed by atoms with Gasteiger partial charge in [-0.3, -0.25) is 0 Å². The molecular formula is C53H35N3S. The molecule has 0 spiro atoms. The third-order valence-electron chi connectivity index (χ3n) is 11.1. The fourth-order valence-corrected chi connectivity index (χ4v) is 13.0. The average Bonchev–Trinajstić information content (AvgIpc) is 3.62. The van der Waals surface area contributed by atoms with Gasteiger partial charge < -0.3 is 0 Å². The molecule has 0 amide bonds. The van der Waals surface area contributed by atoms with Crippen molar-refractivity contribution in [1.29, 1.82) is 0 Å². The van der Waals surface area contributed by atoms with E-state index >= 15 is 0 Å². The lowest BCUT2D eigenvalue weighted by Crippen LogP contribution is -2.03. The van der Waals surface area contributed by atoms with Gasteiger partial charge in [-0.25, -0.2) is 15.0 Å². The summed E-state index contributed by atoms with van der Waals surface area (Å²) in [5, 5.41) is 5.08. The van der Waals surface area contributed by atoms with Crippen molar-refractivity contribution in [3.8, 4) is 56.4 Å². The van der Waals surface area contributed by atoms with Crippen molar-refractivity contribution in [2.24, 2.45) is 0 Å². The van der Waals surface area contributed by atoms with E-state index in [2.05, 4.69) is 188 Å². The molecule has 0 unspecified atom stereocenters. The molecule has 0 bridgehead atoms. The van der Waals surface area contributed by atoms with Crippen LogP contribution in [0.5, 0.6) is 0 Å². The Balaban J connectivity index is 1.21. The minimum atomic E-state index is -1.94. The Labute approximate surface area is 333 Å². The number of benzene rings is 9. The van der Waals surface area contributed by atoms with E-state index < -0.39 is 10.0 Å². The summed E-state index contributed by atoms with van der Waals surface area (Å²) in [5.41, 5.74) is 7.62. The van der Waals surface area contributed by atoms with E-state index in [-0.39, 0.29) is 0 Å². The van der Waals surface area contributed by atoms with Crippen molar-refractivity contribution in [2.75, 3.05) is 0 Å². The third kappa shape index (κ3) is 5.33. The van der Waals surface area contributed by atoms with Gasteiger partial charge in [0, 0.05) is 41.8 Å². The number of rotatable bonds is 6. The minimum Gasteiger partial charge on any atom is -0.208 e. The molecule has 10 aromatic rings. The molecule has 1 aromatic heterocycles. The Bertz CT molecular complexity index is 3070.